The van der Waals surface area contributed by atoms with E-state index in [2.05, 4.69) is 0 Å². The van der Waals surface area contributed by atoms with Gasteiger partial charge in [0.2, 0.25) is 5.76 Å². The van der Waals surface area contributed by atoms with Crippen LogP contribution in [0.5, 0.6) is 0 Å². The summed E-state index contributed by atoms with van der Waals surface area (Å²) < 4.78 is 4.90. The van der Waals surface area contributed by atoms with E-state index >= 15 is 0 Å². The molecular formula is C12H9ClO3. The van der Waals surface area contributed by atoms with Gasteiger partial charge in [-0.05, 0) is 23.3 Å². The van der Waals surface area contributed by atoms with Crippen LogP contribution in [-0.2, 0) is 6.42 Å². The number of aromatic carboxylic acids is 1. The summed E-state index contributed by atoms with van der Waals surface area (Å²) in [5, 5.41) is 9.37. The summed E-state index contributed by atoms with van der Waals surface area (Å²) in [6, 6.07) is 8.94. The highest BCUT2D eigenvalue weighted by Gasteiger charge is 2.09. The molecule has 0 aliphatic rings. The Balaban J connectivity index is 2.21. The van der Waals surface area contributed by atoms with Crippen LogP contribution in [-0.4, -0.2) is 11.1 Å². The van der Waals surface area contributed by atoms with Gasteiger partial charge in [-0.3, -0.25) is 0 Å². The van der Waals surface area contributed by atoms with Gasteiger partial charge in [0.05, 0.1) is 6.26 Å². The molecule has 1 aromatic heterocycles. The first-order valence-corrected chi connectivity index (χ1v) is 5.08. The molecule has 16 heavy (non-hydrogen) atoms. The topological polar surface area (TPSA) is 50.4 Å². The Kier molecular flexibility index (Phi) is 2.97. The lowest BCUT2D eigenvalue weighted by atomic mass is 10.1. The molecule has 0 aliphatic heterocycles. The van der Waals surface area contributed by atoms with Gasteiger partial charge in [-0.25, -0.2) is 4.79 Å². The number of hydrogen-bond donors (Lipinski definition) is 1. The van der Waals surface area contributed by atoms with Crippen LogP contribution in [0.15, 0.2) is 41.0 Å². The third-order valence-corrected chi connectivity index (χ3v) is 2.59. The molecule has 0 radical (unpaired) electrons. The molecule has 1 N–H and O–H groups in total. The third kappa shape index (κ3) is 2.25. The number of carbonyl (C=O) groups is 1. The first-order valence-electron chi connectivity index (χ1n) is 4.71. The predicted molar refractivity (Wildman–Crippen MR) is 59.9 cm³/mol. The Morgan fingerprint density at radius 3 is 2.75 bits per heavy atom. The molecule has 0 saturated heterocycles. The molecule has 3 nitrogen and oxygen atoms in total. The summed E-state index contributed by atoms with van der Waals surface area (Å²) in [5.74, 6) is -1.12. The van der Waals surface area contributed by atoms with E-state index in [9.17, 15) is 4.79 Å². The van der Waals surface area contributed by atoms with Crippen molar-refractivity contribution in [3.63, 3.8) is 0 Å². The lowest BCUT2D eigenvalue weighted by molar-refractivity contribution is 0.0662. The van der Waals surface area contributed by atoms with Crippen LogP contribution in [0, 0.1) is 0 Å². The standard InChI is InChI=1S/C12H9ClO3/c13-10-4-2-1-3-9(10)5-8-6-11(12(14)15)16-7-8/h1-4,6-7H,5H2,(H,14,15). The van der Waals surface area contributed by atoms with Crippen molar-refractivity contribution in [2.45, 2.75) is 6.42 Å². The van der Waals surface area contributed by atoms with E-state index in [1.54, 1.807) is 6.07 Å². The van der Waals surface area contributed by atoms with E-state index in [-0.39, 0.29) is 5.76 Å². The van der Waals surface area contributed by atoms with Gasteiger partial charge in [0.15, 0.2) is 0 Å². The van der Waals surface area contributed by atoms with Crippen molar-refractivity contribution in [1.29, 1.82) is 0 Å². The molecule has 0 spiro atoms. The van der Waals surface area contributed by atoms with Gasteiger partial charge in [0, 0.05) is 11.4 Å². The molecule has 0 bridgehead atoms. The molecule has 2 rings (SSSR count). The fourth-order valence-electron chi connectivity index (χ4n) is 1.44. The summed E-state index contributed by atoms with van der Waals surface area (Å²) in [6.07, 6.45) is 2.00. The second-order valence-corrected chi connectivity index (χ2v) is 3.80. The van der Waals surface area contributed by atoms with Crippen LogP contribution in [0.2, 0.25) is 5.02 Å². The van der Waals surface area contributed by atoms with E-state index in [1.165, 1.54) is 12.3 Å². The third-order valence-electron chi connectivity index (χ3n) is 2.22. The summed E-state index contributed by atoms with van der Waals surface area (Å²) in [4.78, 5) is 10.6. The second-order valence-electron chi connectivity index (χ2n) is 3.39. The summed E-state index contributed by atoms with van der Waals surface area (Å²) in [6.45, 7) is 0. The maximum atomic E-state index is 10.6. The van der Waals surface area contributed by atoms with Crippen molar-refractivity contribution in [1.82, 2.24) is 0 Å². The minimum Gasteiger partial charge on any atom is -0.475 e. The van der Waals surface area contributed by atoms with E-state index < -0.39 is 5.97 Å². The van der Waals surface area contributed by atoms with Crippen molar-refractivity contribution >= 4 is 17.6 Å². The first kappa shape index (κ1) is 10.8. The lowest BCUT2D eigenvalue weighted by Crippen LogP contribution is -1.92. The molecule has 0 aliphatic carbocycles. The average Bonchev–Trinajstić information content (AvgIpc) is 2.70. The maximum absolute atomic E-state index is 10.6. The van der Waals surface area contributed by atoms with Crippen molar-refractivity contribution in [3.8, 4) is 0 Å². The smallest absolute Gasteiger partial charge is 0.371 e. The van der Waals surface area contributed by atoms with Crippen LogP contribution in [0.4, 0.5) is 0 Å². The number of furan rings is 1. The summed E-state index contributed by atoms with van der Waals surface area (Å²) in [5.41, 5.74) is 1.74. The molecule has 4 heteroatoms. The number of rotatable bonds is 3. The second kappa shape index (κ2) is 4.41. The van der Waals surface area contributed by atoms with Crippen LogP contribution in [0.1, 0.15) is 21.7 Å². The molecule has 1 heterocycles. The van der Waals surface area contributed by atoms with E-state index in [0.717, 1.165) is 11.1 Å². The molecule has 0 amide bonds. The first-order chi connectivity index (χ1) is 7.66. The van der Waals surface area contributed by atoms with Crippen LogP contribution in [0.3, 0.4) is 0 Å². The summed E-state index contributed by atoms with van der Waals surface area (Å²) >= 11 is 6.00. The fraction of sp³-hybridized carbons (Fsp3) is 0.0833. The minimum absolute atomic E-state index is 0.0537. The Hall–Kier alpha value is -1.74. The molecule has 1 aromatic carbocycles. The van der Waals surface area contributed by atoms with Crippen molar-refractivity contribution in [3.05, 3.63) is 58.5 Å². The van der Waals surface area contributed by atoms with E-state index in [1.807, 2.05) is 18.2 Å². The molecule has 0 fully saturated rings. The lowest BCUT2D eigenvalue weighted by Gasteiger charge is -2.00. The fourth-order valence-corrected chi connectivity index (χ4v) is 1.64. The maximum Gasteiger partial charge on any atom is 0.371 e. The average molecular weight is 237 g/mol. The molecular weight excluding hydrogens is 228 g/mol. The highest BCUT2D eigenvalue weighted by atomic mass is 35.5. The number of hydrogen-bond acceptors (Lipinski definition) is 2. The molecule has 0 atom stereocenters. The van der Waals surface area contributed by atoms with Gasteiger partial charge >= 0.3 is 5.97 Å². The Morgan fingerprint density at radius 1 is 1.38 bits per heavy atom. The van der Waals surface area contributed by atoms with Gasteiger partial charge in [0.1, 0.15) is 0 Å². The van der Waals surface area contributed by atoms with Crippen molar-refractivity contribution in [2.24, 2.45) is 0 Å². The zero-order valence-corrected chi connectivity index (χ0v) is 9.07. The predicted octanol–water partition coefficient (Wildman–Crippen LogP) is 3.22. The van der Waals surface area contributed by atoms with Crippen molar-refractivity contribution in [2.75, 3.05) is 0 Å². The largest absolute Gasteiger partial charge is 0.475 e. The van der Waals surface area contributed by atoms with Crippen LogP contribution < -0.4 is 0 Å². The number of carboxylic acids is 1. The zero-order valence-electron chi connectivity index (χ0n) is 8.31. The molecule has 0 saturated carbocycles. The highest BCUT2D eigenvalue weighted by molar-refractivity contribution is 6.31. The Morgan fingerprint density at radius 2 is 2.12 bits per heavy atom. The molecule has 0 unspecified atom stereocenters. The van der Waals surface area contributed by atoms with Gasteiger partial charge in [-0.1, -0.05) is 29.8 Å². The Labute approximate surface area is 97.3 Å². The number of halogens is 1. The van der Waals surface area contributed by atoms with Gasteiger partial charge < -0.3 is 9.52 Å². The highest BCUT2D eigenvalue weighted by Crippen LogP contribution is 2.20. The number of carboxylic acid groups (broad SMARTS) is 1. The zero-order chi connectivity index (χ0) is 11.5. The van der Waals surface area contributed by atoms with Crippen LogP contribution in [0.25, 0.3) is 0 Å². The normalized spacial score (nSPS) is 10.3. The molecule has 2 aromatic rings. The van der Waals surface area contributed by atoms with E-state index in [0.29, 0.717) is 11.4 Å². The van der Waals surface area contributed by atoms with Crippen LogP contribution >= 0.6 is 11.6 Å². The monoisotopic (exact) mass is 236 g/mol. The van der Waals surface area contributed by atoms with Crippen molar-refractivity contribution < 1.29 is 14.3 Å². The van der Waals surface area contributed by atoms with Gasteiger partial charge in [-0.2, -0.15) is 0 Å². The minimum atomic E-state index is -1.06. The SMILES string of the molecule is O=C(O)c1cc(Cc2ccccc2Cl)co1. The molecule has 82 valence electrons. The van der Waals surface area contributed by atoms with Gasteiger partial charge in [-0.15, -0.1) is 0 Å². The Bertz CT molecular complexity index is 516. The number of benzene rings is 1. The van der Waals surface area contributed by atoms with E-state index in [4.69, 9.17) is 21.1 Å². The quantitative estimate of drug-likeness (QED) is 0.890. The summed E-state index contributed by atoms with van der Waals surface area (Å²) in [7, 11) is 0. The van der Waals surface area contributed by atoms with Gasteiger partial charge in [0.25, 0.3) is 0 Å².